The van der Waals surface area contributed by atoms with Crippen molar-refractivity contribution in [2.24, 2.45) is 0 Å². The summed E-state index contributed by atoms with van der Waals surface area (Å²) in [4.78, 5) is 24.8. The average Bonchev–Trinajstić information content (AvgIpc) is 2.40. The number of halogens is 1. The number of nitrogens with two attached hydrogens (primary N) is 1. The number of rotatable bonds is 5. The SMILES string of the molecule is CCN(CC)C(=O)COC(=O)c1cc(N)ccc1F. The summed E-state index contributed by atoms with van der Waals surface area (Å²) in [6, 6.07) is 3.60. The second-order valence-corrected chi connectivity index (χ2v) is 3.88. The Labute approximate surface area is 111 Å². The van der Waals surface area contributed by atoms with E-state index in [1.165, 1.54) is 17.0 Å². The Balaban J connectivity index is 2.65. The minimum atomic E-state index is -0.898. The maximum absolute atomic E-state index is 13.4. The maximum atomic E-state index is 13.4. The van der Waals surface area contributed by atoms with Gasteiger partial charge in [0, 0.05) is 18.8 Å². The van der Waals surface area contributed by atoms with Crippen LogP contribution in [0.25, 0.3) is 0 Å². The van der Waals surface area contributed by atoms with Crippen molar-refractivity contribution in [3.8, 4) is 0 Å². The van der Waals surface area contributed by atoms with Gasteiger partial charge in [0.2, 0.25) is 0 Å². The molecule has 2 N–H and O–H groups in total. The van der Waals surface area contributed by atoms with E-state index in [1.54, 1.807) is 0 Å². The van der Waals surface area contributed by atoms with Gasteiger partial charge in [0.25, 0.3) is 5.91 Å². The molecular weight excluding hydrogens is 251 g/mol. The van der Waals surface area contributed by atoms with Crippen molar-refractivity contribution in [2.45, 2.75) is 13.8 Å². The van der Waals surface area contributed by atoms with E-state index in [1.807, 2.05) is 13.8 Å². The van der Waals surface area contributed by atoms with Crippen LogP contribution in [0.3, 0.4) is 0 Å². The summed E-state index contributed by atoms with van der Waals surface area (Å²) >= 11 is 0. The zero-order valence-corrected chi connectivity index (χ0v) is 11.0. The van der Waals surface area contributed by atoms with Crippen molar-refractivity contribution >= 4 is 17.6 Å². The summed E-state index contributed by atoms with van der Waals surface area (Å²) in [7, 11) is 0. The molecule has 1 rings (SSSR count). The summed E-state index contributed by atoms with van der Waals surface area (Å²) in [6.45, 7) is 4.29. The van der Waals surface area contributed by atoms with Gasteiger partial charge in [-0.15, -0.1) is 0 Å². The van der Waals surface area contributed by atoms with E-state index in [2.05, 4.69) is 0 Å². The number of carbonyl (C=O) groups is 2. The van der Waals surface area contributed by atoms with Gasteiger partial charge in [0.05, 0.1) is 5.56 Å². The highest BCUT2D eigenvalue weighted by molar-refractivity contribution is 5.92. The molecule has 0 radical (unpaired) electrons. The molecule has 0 heterocycles. The first-order valence-electron chi connectivity index (χ1n) is 5.99. The first-order chi connectivity index (χ1) is 8.99. The summed E-state index contributed by atoms with van der Waals surface area (Å²) in [5.74, 6) is -1.94. The van der Waals surface area contributed by atoms with E-state index in [-0.39, 0.29) is 17.2 Å². The number of hydrogen-bond donors (Lipinski definition) is 1. The van der Waals surface area contributed by atoms with Crippen molar-refractivity contribution in [1.82, 2.24) is 4.90 Å². The molecule has 0 saturated carbocycles. The van der Waals surface area contributed by atoms with Crippen molar-refractivity contribution in [2.75, 3.05) is 25.4 Å². The Hall–Kier alpha value is -2.11. The summed E-state index contributed by atoms with van der Waals surface area (Å²) in [5, 5.41) is 0. The predicted molar refractivity (Wildman–Crippen MR) is 69.0 cm³/mol. The number of benzene rings is 1. The number of anilines is 1. The topological polar surface area (TPSA) is 72.6 Å². The fraction of sp³-hybridized carbons (Fsp3) is 0.385. The number of nitrogen functional groups attached to an aromatic ring is 1. The minimum Gasteiger partial charge on any atom is -0.452 e. The highest BCUT2D eigenvalue weighted by Gasteiger charge is 2.17. The van der Waals surface area contributed by atoms with E-state index < -0.39 is 18.4 Å². The number of esters is 1. The van der Waals surface area contributed by atoms with Crippen LogP contribution in [0.1, 0.15) is 24.2 Å². The maximum Gasteiger partial charge on any atom is 0.341 e. The number of carbonyl (C=O) groups excluding carboxylic acids is 2. The molecule has 104 valence electrons. The Kier molecular flexibility index (Phi) is 5.29. The molecule has 0 aliphatic carbocycles. The van der Waals surface area contributed by atoms with Crippen LogP contribution >= 0.6 is 0 Å². The molecule has 6 heteroatoms. The van der Waals surface area contributed by atoms with Crippen LogP contribution in [0.5, 0.6) is 0 Å². The largest absolute Gasteiger partial charge is 0.452 e. The summed E-state index contributed by atoms with van der Waals surface area (Å²) in [5.41, 5.74) is 5.45. The Morgan fingerprint density at radius 2 is 1.95 bits per heavy atom. The van der Waals surface area contributed by atoms with Crippen LogP contribution in [-0.2, 0) is 9.53 Å². The van der Waals surface area contributed by atoms with Gasteiger partial charge in [0.15, 0.2) is 6.61 Å². The van der Waals surface area contributed by atoms with Gasteiger partial charge in [-0.3, -0.25) is 4.79 Å². The van der Waals surface area contributed by atoms with E-state index in [9.17, 15) is 14.0 Å². The molecule has 19 heavy (non-hydrogen) atoms. The van der Waals surface area contributed by atoms with Crippen LogP contribution in [-0.4, -0.2) is 36.5 Å². The van der Waals surface area contributed by atoms with Crippen molar-refractivity contribution in [3.63, 3.8) is 0 Å². The third-order valence-electron chi connectivity index (χ3n) is 2.65. The highest BCUT2D eigenvalue weighted by Crippen LogP contribution is 2.13. The second-order valence-electron chi connectivity index (χ2n) is 3.88. The van der Waals surface area contributed by atoms with Crippen LogP contribution in [0.2, 0.25) is 0 Å². The van der Waals surface area contributed by atoms with E-state index in [0.717, 1.165) is 6.07 Å². The third kappa shape index (κ3) is 3.94. The zero-order chi connectivity index (χ0) is 14.4. The van der Waals surface area contributed by atoms with Crippen LogP contribution in [0.4, 0.5) is 10.1 Å². The first-order valence-corrected chi connectivity index (χ1v) is 5.99. The molecule has 5 nitrogen and oxygen atoms in total. The monoisotopic (exact) mass is 268 g/mol. The molecular formula is C13H17FN2O3. The Morgan fingerprint density at radius 3 is 2.53 bits per heavy atom. The number of hydrogen-bond acceptors (Lipinski definition) is 4. The molecule has 1 aromatic carbocycles. The van der Waals surface area contributed by atoms with Gasteiger partial charge in [-0.05, 0) is 32.0 Å². The number of nitrogens with zero attached hydrogens (tertiary/aromatic N) is 1. The Morgan fingerprint density at radius 1 is 1.32 bits per heavy atom. The lowest BCUT2D eigenvalue weighted by molar-refractivity contribution is -0.134. The van der Waals surface area contributed by atoms with Gasteiger partial charge in [-0.1, -0.05) is 0 Å². The summed E-state index contributed by atoms with van der Waals surface area (Å²) in [6.07, 6.45) is 0. The lowest BCUT2D eigenvalue weighted by Gasteiger charge is -2.18. The van der Waals surface area contributed by atoms with E-state index in [0.29, 0.717) is 13.1 Å². The lowest BCUT2D eigenvalue weighted by Crippen LogP contribution is -2.34. The Bertz CT molecular complexity index is 473. The fourth-order valence-corrected chi connectivity index (χ4v) is 1.57. The van der Waals surface area contributed by atoms with Gasteiger partial charge in [-0.25, -0.2) is 9.18 Å². The fourth-order valence-electron chi connectivity index (χ4n) is 1.57. The van der Waals surface area contributed by atoms with Crippen LogP contribution in [0, 0.1) is 5.82 Å². The minimum absolute atomic E-state index is 0.253. The average molecular weight is 268 g/mol. The predicted octanol–water partition coefficient (Wildman–Crippen LogP) is 1.43. The number of likely N-dealkylation sites (N-methyl/N-ethyl adjacent to an activating group) is 1. The molecule has 0 bridgehead atoms. The standard InChI is InChI=1S/C13H17FN2O3/c1-3-16(4-2)12(17)8-19-13(18)10-7-9(15)5-6-11(10)14/h5-7H,3-4,8,15H2,1-2H3. The lowest BCUT2D eigenvalue weighted by atomic mass is 10.2. The molecule has 0 aliphatic heterocycles. The quantitative estimate of drug-likeness (QED) is 0.647. The van der Waals surface area contributed by atoms with Crippen LogP contribution < -0.4 is 5.73 Å². The smallest absolute Gasteiger partial charge is 0.341 e. The van der Waals surface area contributed by atoms with Crippen LogP contribution in [0.15, 0.2) is 18.2 Å². The van der Waals surface area contributed by atoms with Gasteiger partial charge >= 0.3 is 5.97 Å². The number of amides is 1. The zero-order valence-electron chi connectivity index (χ0n) is 11.0. The highest BCUT2D eigenvalue weighted by atomic mass is 19.1. The van der Waals surface area contributed by atoms with Gasteiger partial charge in [-0.2, -0.15) is 0 Å². The molecule has 1 amide bonds. The molecule has 1 aromatic rings. The van der Waals surface area contributed by atoms with Crippen molar-refractivity contribution in [3.05, 3.63) is 29.6 Å². The van der Waals surface area contributed by atoms with Crippen molar-refractivity contribution in [1.29, 1.82) is 0 Å². The molecule has 0 saturated heterocycles. The van der Waals surface area contributed by atoms with E-state index >= 15 is 0 Å². The third-order valence-corrected chi connectivity index (χ3v) is 2.65. The molecule has 0 aliphatic rings. The molecule has 0 fully saturated rings. The normalized spacial score (nSPS) is 10.1. The first kappa shape index (κ1) is 14.9. The molecule has 0 aromatic heterocycles. The summed E-state index contributed by atoms with van der Waals surface area (Å²) < 4.78 is 18.2. The van der Waals surface area contributed by atoms with Gasteiger partial charge < -0.3 is 15.4 Å². The molecule has 0 unspecified atom stereocenters. The number of ether oxygens (including phenoxy) is 1. The van der Waals surface area contributed by atoms with Gasteiger partial charge in [0.1, 0.15) is 5.82 Å². The van der Waals surface area contributed by atoms with E-state index in [4.69, 9.17) is 10.5 Å². The second kappa shape index (κ2) is 6.72. The molecule has 0 atom stereocenters. The molecule has 0 spiro atoms. The van der Waals surface area contributed by atoms with Crippen molar-refractivity contribution < 1.29 is 18.7 Å².